The van der Waals surface area contributed by atoms with Gasteiger partial charge in [0, 0.05) is 32.4 Å². The molecule has 0 spiro atoms. The third-order valence-electron chi connectivity index (χ3n) is 3.54. The van der Waals surface area contributed by atoms with Gasteiger partial charge in [-0.15, -0.1) is 0 Å². The first-order valence-corrected chi connectivity index (χ1v) is 6.11. The molecule has 1 aromatic rings. The largest absolute Gasteiger partial charge is 0.340 e. The van der Waals surface area contributed by atoms with Crippen molar-refractivity contribution in [2.24, 2.45) is 18.4 Å². The van der Waals surface area contributed by atoms with Crippen LogP contribution in [0, 0.1) is 22.7 Å². The highest BCUT2D eigenvalue weighted by Crippen LogP contribution is 2.46. The first kappa shape index (κ1) is 12.6. The van der Waals surface area contributed by atoms with Crippen LogP contribution >= 0.6 is 0 Å². The molecule has 0 radical (unpaired) electrons. The standard InChI is InChI=1S/C13H18N4O/c1-10-4-13(5-10,9-14)12(18)16(2)7-11-6-15-17(3)8-11/h6,8,10H,4-5,7H2,1-3H3. The molecule has 0 N–H and O–H groups in total. The van der Waals surface area contributed by atoms with E-state index in [4.69, 9.17) is 0 Å². The van der Waals surface area contributed by atoms with Crippen molar-refractivity contribution >= 4 is 5.91 Å². The number of amides is 1. The van der Waals surface area contributed by atoms with Crippen LogP contribution in [-0.2, 0) is 18.4 Å². The van der Waals surface area contributed by atoms with Gasteiger partial charge < -0.3 is 4.90 Å². The number of rotatable bonds is 3. The van der Waals surface area contributed by atoms with Crippen LogP contribution in [0.5, 0.6) is 0 Å². The van der Waals surface area contributed by atoms with Gasteiger partial charge in [-0.3, -0.25) is 9.48 Å². The summed E-state index contributed by atoms with van der Waals surface area (Å²) in [5.74, 6) is 0.410. The number of hydrogen-bond acceptors (Lipinski definition) is 3. The molecule has 2 rings (SSSR count). The quantitative estimate of drug-likeness (QED) is 0.808. The Morgan fingerprint density at radius 3 is 2.83 bits per heavy atom. The molecular formula is C13H18N4O. The molecule has 0 unspecified atom stereocenters. The summed E-state index contributed by atoms with van der Waals surface area (Å²) >= 11 is 0. The zero-order valence-corrected chi connectivity index (χ0v) is 11.1. The summed E-state index contributed by atoms with van der Waals surface area (Å²) in [6, 6.07) is 2.20. The van der Waals surface area contributed by atoms with Gasteiger partial charge in [0.05, 0.1) is 12.3 Å². The molecule has 0 aromatic carbocycles. The predicted molar refractivity (Wildman–Crippen MR) is 66.1 cm³/mol. The molecule has 1 heterocycles. The maximum Gasteiger partial charge on any atom is 0.243 e. The van der Waals surface area contributed by atoms with Gasteiger partial charge in [0.15, 0.2) is 0 Å². The van der Waals surface area contributed by atoms with Crippen LogP contribution in [0.25, 0.3) is 0 Å². The minimum Gasteiger partial charge on any atom is -0.340 e. The molecule has 1 fully saturated rings. The maximum atomic E-state index is 12.3. The molecule has 0 aliphatic heterocycles. The summed E-state index contributed by atoms with van der Waals surface area (Å²) in [5.41, 5.74) is 0.199. The van der Waals surface area contributed by atoms with Gasteiger partial charge in [0.2, 0.25) is 5.91 Å². The van der Waals surface area contributed by atoms with Gasteiger partial charge in [0.1, 0.15) is 5.41 Å². The Kier molecular flexibility index (Phi) is 3.12. The number of hydrogen-bond donors (Lipinski definition) is 0. The summed E-state index contributed by atoms with van der Waals surface area (Å²) in [6.07, 6.45) is 4.98. The van der Waals surface area contributed by atoms with Crippen molar-refractivity contribution in [2.75, 3.05) is 7.05 Å². The molecule has 0 bridgehead atoms. The van der Waals surface area contributed by atoms with Gasteiger partial charge in [-0.25, -0.2) is 0 Å². The highest BCUT2D eigenvalue weighted by Gasteiger charge is 2.50. The molecule has 18 heavy (non-hydrogen) atoms. The van der Waals surface area contributed by atoms with Crippen molar-refractivity contribution in [2.45, 2.75) is 26.3 Å². The second-order valence-corrected chi connectivity index (χ2v) is 5.39. The summed E-state index contributed by atoms with van der Waals surface area (Å²) in [6.45, 7) is 2.58. The molecule has 0 saturated heterocycles. The lowest BCUT2D eigenvalue weighted by Crippen LogP contribution is -2.48. The fourth-order valence-electron chi connectivity index (χ4n) is 2.71. The van der Waals surface area contributed by atoms with Crippen LogP contribution in [0.4, 0.5) is 0 Å². The highest BCUT2D eigenvalue weighted by atomic mass is 16.2. The van der Waals surface area contributed by atoms with E-state index in [2.05, 4.69) is 18.1 Å². The Morgan fingerprint density at radius 1 is 1.72 bits per heavy atom. The summed E-state index contributed by atoms with van der Waals surface area (Å²) in [7, 11) is 3.59. The fraction of sp³-hybridized carbons (Fsp3) is 0.615. The molecular weight excluding hydrogens is 228 g/mol. The summed E-state index contributed by atoms with van der Waals surface area (Å²) in [4.78, 5) is 13.9. The zero-order valence-electron chi connectivity index (χ0n) is 11.1. The van der Waals surface area contributed by atoms with E-state index in [1.807, 2.05) is 13.2 Å². The second-order valence-electron chi connectivity index (χ2n) is 5.39. The molecule has 1 aromatic heterocycles. The average molecular weight is 246 g/mol. The van der Waals surface area contributed by atoms with E-state index < -0.39 is 5.41 Å². The van der Waals surface area contributed by atoms with Crippen LogP contribution in [0.15, 0.2) is 12.4 Å². The van der Waals surface area contributed by atoms with Gasteiger partial charge in [-0.1, -0.05) is 6.92 Å². The highest BCUT2D eigenvalue weighted by molar-refractivity contribution is 5.86. The number of aromatic nitrogens is 2. The van der Waals surface area contributed by atoms with Crippen LogP contribution in [-0.4, -0.2) is 27.6 Å². The van der Waals surface area contributed by atoms with E-state index >= 15 is 0 Å². The zero-order chi connectivity index (χ0) is 13.3. The molecule has 96 valence electrons. The Morgan fingerprint density at radius 2 is 2.39 bits per heavy atom. The van der Waals surface area contributed by atoms with E-state index in [1.54, 1.807) is 22.8 Å². The predicted octanol–water partition coefficient (Wildman–Crippen LogP) is 1.32. The van der Waals surface area contributed by atoms with Gasteiger partial charge in [0.25, 0.3) is 0 Å². The number of nitrogens with zero attached hydrogens (tertiary/aromatic N) is 4. The molecule has 5 heteroatoms. The van der Waals surface area contributed by atoms with Crippen LogP contribution in [0.3, 0.4) is 0 Å². The Hall–Kier alpha value is -1.83. The topological polar surface area (TPSA) is 61.9 Å². The Bertz CT molecular complexity index is 493. The first-order chi connectivity index (χ1) is 8.47. The minimum atomic E-state index is -0.781. The number of carbonyl (C=O) groups excluding carboxylic acids is 1. The van der Waals surface area contributed by atoms with E-state index in [1.165, 1.54) is 0 Å². The fourth-order valence-corrected chi connectivity index (χ4v) is 2.71. The Labute approximate surface area is 107 Å². The van der Waals surface area contributed by atoms with Crippen molar-refractivity contribution in [1.29, 1.82) is 5.26 Å². The third kappa shape index (κ3) is 2.10. The van der Waals surface area contributed by atoms with Crippen molar-refractivity contribution in [1.82, 2.24) is 14.7 Å². The normalized spacial score (nSPS) is 26.2. The molecule has 1 aliphatic rings. The molecule has 1 aliphatic carbocycles. The smallest absolute Gasteiger partial charge is 0.243 e. The van der Waals surface area contributed by atoms with Gasteiger partial charge >= 0.3 is 0 Å². The Balaban J connectivity index is 2.03. The summed E-state index contributed by atoms with van der Waals surface area (Å²) in [5, 5.41) is 13.3. The van der Waals surface area contributed by atoms with E-state index in [0.29, 0.717) is 25.3 Å². The van der Waals surface area contributed by atoms with E-state index in [-0.39, 0.29) is 5.91 Å². The van der Waals surface area contributed by atoms with Crippen molar-refractivity contribution in [3.05, 3.63) is 18.0 Å². The van der Waals surface area contributed by atoms with E-state index in [9.17, 15) is 10.1 Å². The number of aryl methyl sites for hydroxylation is 1. The number of carbonyl (C=O) groups is 1. The van der Waals surface area contributed by atoms with Crippen molar-refractivity contribution < 1.29 is 4.79 Å². The van der Waals surface area contributed by atoms with Crippen molar-refractivity contribution in [3.63, 3.8) is 0 Å². The minimum absolute atomic E-state index is 0.0630. The third-order valence-corrected chi connectivity index (χ3v) is 3.54. The van der Waals surface area contributed by atoms with E-state index in [0.717, 1.165) is 5.56 Å². The monoisotopic (exact) mass is 246 g/mol. The van der Waals surface area contributed by atoms with Crippen LogP contribution in [0.2, 0.25) is 0 Å². The lowest BCUT2D eigenvalue weighted by molar-refractivity contribution is -0.144. The molecule has 1 saturated carbocycles. The molecule has 0 atom stereocenters. The second kappa shape index (κ2) is 4.45. The summed E-state index contributed by atoms with van der Waals surface area (Å²) < 4.78 is 1.71. The maximum absolute atomic E-state index is 12.3. The first-order valence-electron chi connectivity index (χ1n) is 6.11. The average Bonchev–Trinajstić information content (AvgIpc) is 2.69. The lowest BCUT2D eigenvalue weighted by Gasteiger charge is -2.41. The molecule has 1 amide bonds. The van der Waals surface area contributed by atoms with Crippen LogP contribution in [0.1, 0.15) is 25.3 Å². The van der Waals surface area contributed by atoms with Crippen molar-refractivity contribution in [3.8, 4) is 6.07 Å². The van der Waals surface area contributed by atoms with Crippen LogP contribution < -0.4 is 0 Å². The number of nitriles is 1. The van der Waals surface area contributed by atoms with Gasteiger partial charge in [-0.2, -0.15) is 10.4 Å². The molecule has 5 nitrogen and oxygen atoms in total. The van der Waals surface area contributed by atoms with Gasteiger partial charge in [-0.05, 0) is 18.8 Å². The SMILES string of the molecule is CC1CC(C#N)(C(=O)N(C)Cc2cnn(C)c2)C1. The lowest BCUT2D eigenvalue weighted by atomic mass is 9.63.